The summed E-state index contributed by atoms with van der Waals surface area (Å²) in [4.78, 5) is 15.9. The van der Waals surface area contributed by atoms with Gasteiger partial charge in [-0.05, 0) is 18.2 Å². The van der Waals surface area contributed by atoms with Crippen LogP contribution in [0.5, 0.6) is 0 Å². The number of aromatic nitrogens is 1. The van der Waals surface area contributed by atoms with Crippen molar-refractivity contribution < 1.29 is 9.90 Å². The van der Waals surface area contributed by atoms with Crippen molar-refractivity contribution in [3.8, 4) is 0 Å². The third-order valence-corrected chi connectivity index (χ3v) is 3.91. The van der Waals surface area contributed by atoms with E-state index in [9.17, 15) is 4.79 Å². The lowest BCUT2D eigenvalue weighted by atomic mass is 10.3. The van der Waals surface area contributed by atoms with Crippen LogP contribution < -0.4 is 5.32 Å². The van der Waals surface area contributed by atoms with Gasteiger partial charge in [0.15, 0.2) is 0 Å². The fourth-order valence-electron chi connectivity index (χ4n) is 1.42. The summed E-state index contributed by atoms with van der Waals surface area (Å²) in [6.07, 6.45) is 0.158. The van der Waals surface area contributed by atoms with Gasteiger partial charge in [0.25, 0.3) is 0 Å². The maximum Gasteiger partial charge on any atom is 0.231 e. The Bertz CT molecular complexity index is 601. The SMILES string of the molecule is O=C(Cc1nc(CO)cs1)Nc1ccc(Cl)c(Cl)c1. The molecule has 0 saturated carbocycles. The number of carbonyl (C=O) groups excluding carboxylic acids is 1. The van der Waals surface area contributed by atoms with Crippen molar-refractivity contribution in [1.82, 2.24) is 4.98 Å². The first-order valence-corrected chi connectivity index (χ1v) is 7.01. The molecular formula is C12H10Cl2N2O2S. The Morgan fingerprint density at radius 2 is 2.16 bits per heavy atom. The number of aliphatic hydroxyl groups excluding tert-OH is 1. The van der Waals surface area contributed by atoms with Gasteiger partial charge >= 0.3 is 0 Å². The first kappa shape index (κ1) is 14.3. The van der Waals surface area contributed by atoms with Crippen LogP contribution in [0.15, 0.2) is 23.6 Å². The molecule has 0 aliphatic rings. The van der Waals surface area contributed by atoms with Crippen molar-refractivity contribution >= 4 is 46.1 Å². The van der Waals surface area contributed by atoms with E-state index in [0.29, 0.717) is 26.4 Å². The number of thiazole rings is 1. The number of nitrogens with zero attached hydrogens (tertiary/aromatic N) is 1. The molecule has 0 aliphatic heterocycles. The Hall–Kier alpha value is -1.14. The van der Waals surface area contributed by atoms with Gasteiger partial charge in [-0.3, -0.25) is 4.79 Å². The van der Waals surface area contributed by atoms with Crippen LogP contribution in [-0.4, -0.2) is 16.0 Å². The third kappa shape index (κ3) is 3.91. The Balaban J connectivity index is 1.98. The number of rotatable bonds is 4. The number of amides is 1. The smallest absolute Gasteiger partial charge is 0.231 e. The summed E-state index contributed by atoms with van der Waals surface area (Å²) in [5, 5.41) is 14.8. The average Bonchev–Trinajstić information content (AvgIpc) is 2.81. The second-order valence-corrected chi connectivity index (χ2v) is 5.50. The van der Waals surface area contributed by atoms with E-state index in [2.05, 4.69) is 10.3 Å². The van der Waals surface area contributed by atoms with Crippen molar-refractivity contribution in [3.63, 3.8) is 0 Å². The van der Waals surface area contributed by atoms with E-state index in [0.717, 1.165) is 0 Å². The molecule has 1 heterocycles. The van der Waals surface area contributed by atoms with E-state index in [-0.39, 0.29) is 18.9 Å². The quantitative estimate of drug-likeness (QED) is 0.911. The minimum Gasteiger partial charge on any atom is -0.390 e. The van der Waals surface area contributed by atoms with Crippen molar-refractivity contribution in [1.29, 1.82) is 0 Å². The first-order chi connectivity index (χ1) is 9.08. The lowest BCUT2D eigenvalue weighted by Crippen LogP contribution is -2.14. The van der Waals surface area contributed by atoms with Gasteiger partial charge in [0.2, 0.25) is 5.91 Å². The van der Waals surface area contributed by atoms with Crippen molar-refractivity contribution in [3.05, 3.63) is 44.3 Å². The number of nitrogens with one attached hydrogen (secondary N) is 1. The van der Waals surface area contributed by atoms with Crippen LogP contribution in [0.3, 0.4) is 0 Å². The predicted octanol–water partition coefficient (Wildman–Crippen LogP) is 3.12. The Morgan fingerprint density at radius 3 is 2.79 bits per heavy atom. The Kier molecular flexibility index (Phi) is 4.76. The molecular weight excluding hydrogens is 307 g/mol. The van der Waals surface area contributed by atoms with Gasteiger partial charge in [-0.1, -0.05) is 23.2 Å². The van der Waals surface area contributed by atoms with Gasteiger partial charge < -0.3 is 10.4 Å². The fraction of sp³-hybridized carbons (Fsp3) is 0.167. The zero-order valence-corrected chi connectivity index (χ0v) is 12.0. The van der Waals surface area contributed by atoms with E-state index < -0.39 is 0 Å². The van der Waals surface area contributed by atoms with Gasteiger partial charge in [-0.25, -0.2) is 4.98 Å². The Morgan fingerprint density at radius 1 is 1.37 bits per heavy atom. The summed E-state index contributed by atoms with van der Waals surface area (Å²) >= 11 is 13.0. The van der Waals surface area contributed by atoms with Crippen LogP contribution in [0, 0.1) is 0 Å². The number of benzene rings is 1. The zero-order chi connectivity index (χ0) is 13.8. The molecule has 0 aliphatic carbocycles. The number of hydrogen-bond donors (Lipinski definition) is 2. The molecule has 2 rings (SSSR count). The van der Waals surface area contributed by atoms with Crippen LogP contribution in [0.2, 0.25) is 10.0 Å². The molecule has 0 fully saturated rings. The molecule has 0 saturated heterocycles. The Labute approximate surface area is 124 Å². The summed E-state index contributed by atoms with van der Waals surface area (Å²) in [5.41, 5.74) is 1.15. The monoisotopic (exact) mass is 316 g/mol. The lowest BCUT2D eigenvalue weighted by molar-refractivity contribution is -0.115. The van der Waals surface area contributed by atoms with Crippen LogP contribution in [0.4, 0.5) is 5.69 Å². The van der Waals surface area contributed by atoms with Gasteiger partial charge in [-0.2, -0.15) is 0 Å². The molecule has 19 heavy (non-hydrogen) atoms. The van der Waals surface area contributed by atoms with Crippen molar-refractivity contribution in [2.75, 3.05) is 5.32 Å². The van der Waals surface area contributed by atoms with Crippen LogP contribution in [0.25, 0.3) is 0 Å². The maximum atomic E-state index is 11.8. The van der Waals surface area contributed by atoms with E-state index in [1.807, 2.05) is 0 Å². The largest absolute Gasteiger partial charge is 0.390 e. The van der Waals surface area contributed by atoms with Gasteiger partial charge in [0.05, 0.1) is 28.8 Å². The first-order valence-electron chi connectivity index (χ1n) is 5.37. The molecule has 0 bridgehead atoms. The van der Waals surface area contributed by atoms with E-state index in [1.54, 1.807) is 23.6 Å². The second kappa shape index (κ2) is 6.34. The minimum absolute atomic E-state index is 0.120. The molecule has 1 aromatic carbocycles. The zero-order valence-electron chi connectivity index (χ0n) is 9.69. The molecule has 1 aromatic heterocycles. The summed E-state index contributed by atoms with van der Waals surface area (Å²) in [6, 6.07) is 4.88. The highest BCUT2D eigenvalue weighted by molar-refractivity contribution is 7.09. The third-order valence-electron chi connectivity index (χ3n) is 2.28. The summed E-state index contributed by atoms with van der Waals surface area (Å²) in [7, 11) is 0. The van der Waals surface area contributed by atoms with Crippen molar-refractivity contribution in [2.24, 2.45) is 0 Å². The molecule has 1 amide bonds. The number of carbonyl (C=O) groups is 1. The van der Waals surface area contributed by atoms with Crippen LogP contribution in [0.1, 0.15) is 10.7 Å². The highest BCUT2D eigenvalue weighted by Crippen LogP contribution is 2.25. The number of anilines is 1. The van der Waals surface area contributed by atoms with Gasteiger partial charge in [0, 0.05) is 11.1 Å². The van der Waals surface area contributed by atoms with Gasteiger partial charge in [0.1, 0.15) is 5.01 Å². The highest BCUT2D eigenvalue weighted by atomic mass is 35.5. The van der Waals surface area contributed by atoms with Gasteiger partial charge in [-0.15, -0.1) is 11.3 Å². The van der Waals surface area contributed by atoms with Crippen LogP contribution in [-0.2, 0) is 17.8 Å². The molecule has 0 unspecified atom stereocenters. The van der Waals surface area contributed by atoms with E-state index >= 15 is 0 Å². The molecule has 7 heteroatoms. The highest BCUT2D eigenvalue weighted by Gasteiger charge is 2.09. The topological polar surface area (TPSA) is 62.2 Å². The standard InChI is InChI=1S/C12H10Cl2N2O2S/c13-9-2-1-7(3-10(9)14)15-11(18)4-12-16-8(5-17)6-19-12/h1-3,6,17H,4-5H2,(H,15,18). The number of hydrogen-bond acceptors (Lipinski definition) is 4. The molecule has 2 aromatic rings. The summed E-state index contributed by atoms with van der Waals surface area (Å²) in [5.74, 6) is -0.197. The predicted molar refractivity (Wildman–Crippen MR) is 76.8 cm³/mol. The minimum atomic E-state index is -0.197. The van der Waals surface area contributed by atoms with E-state index in [1.165, 1.54) is 11.3 Å². The van der Waals surface area contributed by atoms with Crippen molar-refractivity contribution in [2.45, 2.75) is 13.0 Å². The van der Waals surface area contributed by atoms with E-state index in [4.69, 9.17) is 28.3 Å². The lowest BCUT2D eigenvalue weighted by Gasteiger charge is -2.05. The molecule has 0 atom stereocenters. The number of halogens is 2. The average molecular weight is 317 g/mol. The molecule has 4 nitrogen and oxygen atoms in total. The summed E-state index contributed by atoms with van der Waals surface area (Å²) in [6.45, 7) is -0.120. The second-order valence-electron chi connectivity index (χ2n) is 3.74. The molecule has 0 spiro atoms. The fourth-order valence-corrected chi connectivity index (χ4v) is 2.50. The van der Waals surface area contributed by atoms with Crippen LogP contribution >= 0.6 is 34.5 Å². The molecule has 100 valence electrons. The normalized spacial score (nSPS) is 10.5. The summed E-state index contributed by atoms with van der Waals surface area (Å²) < 4.78 is 0. The number of aliphatic hydroxyl groups is 1. The molecule has 0 radical (unpaired) electrons. The molecule has 2 N–H and O–H groups in total. The maximum absolute atomic E-state index is 11.8.